The first-order valence-electron chi connectivity index (χ1n) is 9.33. The van der Waals surface area contributed by atoms with Gasteiger partial charge in [0.05, 0.1) is 24.7 Å². The van der Waals surface area contributed by atoms with Gasteiger partial charge in [0.25, 0.3) is 0 Å². The van der Waals surface area contributed by atoms with Crippen LogP contribution in [-0.2, 0) is 23.0 Å². The zero-order valence-electron chi connectivity index (χ0n) is 15.2. The van der Waals surface area contributed by atoms with Crippen LogP contribution in [0.3, 0.4) is 0 Å². The van der Waals surface area contributed by atoms with Crippen molar-refractivity contribution in [1.82, 2.24) is 14.5 Å². The number of benzene rings is 1. The van der Waals surface area contributed by atoms with Crippen LogP contribution in [0.15, 0.2) is 42.7 Å². The lowest BCUT2D eigenvalue weighted by Gasteiger charge is -2.38. The minimum atomic E-state index is -0.0909. The molecule has 2 fully saturated rings. The van der Waals surface area contributed by atoms with Crippen molar-refractivity contribution in [2.24, 2.45) is 7.05 Å². The number of hydrogen-bond donors (Lipinski definition) is 1. The molecule has 1 unspecified atom stereocenters. The van der Waals surface area contributed by atoms with Crippen molar-refractivity contribution in [3.63, 3.8) is 0 Å². The summed E-state index contributed by atoms with van der Waals surface area (Å²) in [5.74, 6) is 1.10. The van der Waals surface area contributed by atoms with E-state index in [4.69, 9.17) is 4.74 Å². The van der Waals surface area contributed by atoms with E-state index >= 15 is 0 Å². The number of amides is 1. The predicted molar refractivity (Wildman–Crippen MR) is 99.9 cm³/mol. The third-order valence-corrected chi connectivity index (χ3v) is 5.59. The van der Waals surface area contributed by atoms with Crippen molar-refractivity contribution in [2.75, 3.05) is 25.0 Å². The van der Waals surface area contributed by atoms with Crippen molar-refractivity contribution >= 4 is 11.9 Å². The molecular weight excluding hydrogens is 328 g/mol. The molecular formula is C20H26N4O2. The monoisotopic (exact) mass is 354 g/mol. The molecule has 1 spiro atoms. The molecule has 138 valence electrons. The summed E-state index contributed by atoms with van der Waals surface area (Å²) < 4.78 is 8.17. The van der Waals surface area contributed by atoms with Crippen LogP contribution < -0.4 is 5.32 Å². The molecule has 2 aromatic rings. The molecule has 0 bridgehead atoms. The molecule has 2 aliphatic heterocycles. The number of nitrogens with zero attached hydrogens (tertiary/aromatic N) is 3. The van der Waals surface area contributed by atoms with Crippen molar-refractivity contribution < 1.29 is 9.53 Å². The van der Waals surface area contributed by atoms with Gasteiger partial charge in [-0.1, -0.05) is 30.3 Å². The topological polar surface area (TPSA) is 59.4 Å². The first-order chi connectivity index (χ1) is 12.6. The zero-order valence-corrected chi connectivity index (χ0v) is 15.2. The Balaban J connectivity index is 1.29. The van der Waals surface area contributed by atoms with Gasteiger partial charge in [0.2, 0.25) is 11.9 Å². The number of hydrogen-bond acceptors (Lipinski definition) is 4. The standard InChI is InChI=1S/C20H26N4O2/c1-23-12-9-21-19(23)22-17-14-20(26-15-17)7-10-24(11-8-20)18(25)13-16-5-3-2-4-6-16/h2-6,9,12,17H,7-8,10-11,13-15H2,1H3,(H,21,22). The minimum Gasteiger partial charge on any atom is -0.373 e. The predicted octanol–water partition coefficient (Wildman–Crippen LogP) is 2.22. The van der Waals surface area contributed by atoms with Crippen molar-refractivity contribution in [3.8, 4) is 0 Å². The number of aryl methyl sites for hydroxylation is 1. The van der Waals surface area contributed by atoms with E-state index < -0.39 is 0 Å². The second-order valence-corrected chi connectivity index (χ2v) is 7.44. The van der Waals surface area contributed by atoms with Gasteiger partial charge in [0.1, 0.15) is 0 Å². The number of aromatic nitrogens is 2. The first kappa shape index (κ1) is 17.1. The SMILES string of the molecule is Cn1ccnc1NC1COC2(CCN(C(=O)Cc3ccccc3)CC2)C1. The number of carbonyl (C=O) groups is 1. The maximum absolute atomic E-state index is 12.5. The number of piperidine rings is 1. The highest BCUT2D eigenvalue weighted by molar-refractivity contribution is 5.78. The lowest BCUT2D eigenvalue weighted by molar-refractivity contribution is -0.135. The number of nitrogens with one attached hydrogen (secondary N) is 1. The Labute approximate surface area is 154 Å². The maximum Gasteiger partial charge on any atom is 0.226 e. The average Bonchev–Trinajstić information content (AvgIpc) is 3.23. The van der Waals surface area contributed by atoms with Crippen molar-refractivity contribution in [3.05, 3.63) is 48.3 Å². The first-order valence-corrected chi connectivity index (χ1v) is 9.33. The average molecular weight is 354 g/mol. The minimum absolute atomic E-state index is 0.0909. The van der Waals surface area contributed by atoms with Crippen LogP contribution in [0.5, 0.6) is 0 Å². The molecule has 1 N–H and O–H groups in total. The van der Waals surface area contributed by atoms with Gasteiger partial charge in [-0.3, -0.25) is 4.79 Å². The van der Waals surface area contributed by atoms with Gasteiger partial charge >= 0.3 is 0 Å². The second kappa shape index (κ2) is 7.11. The lowest BCUT2D eigenvalue weighted by Crippen LogP contribution is -2.47. The summed E-state index contributed by atoms with van der Waals surface area (Å²) in [4.78, 5) is 18.9. The number of anilines is 1. The molecule has 0 saturated carbocycles. The number of imidazole rings is 1. The molecule has 3 heterocycles. The molecule has 0 aliphatic carbocycles. The highest BCUT2D eigenvalue weighted by Gasteiger charge is 2.43. The highest BCUT2D eigenvalue weighted by atomic mass is 16.5. The number of rotatable bonds is 4. The van der Waals surface area contributed by atoms with Gasteiger partial charge in [-0.15, -0.1) is 0 Å². The van der Waals surface area contributed by atoms with Crippen LogP contribution in [-0.4, -0.2) is 51.7 Å². The second-order valence-electron chi connectivity index (χ2n) is 7.44. The van der Waals surface area contributed by atoms with E-state index in [9.17, 15) is 4.79 Å². The van der Waals surface area contributed by atoms with E-state index in [1.165, 1.54) is 0 Å². The van der Waals surface area contributed by atoms with Crippen LogP contribution in [0.25, 0.3) is 0 Å². The van der Waals surface area contributed by atoms with E-state index in [0.717, 1.165) is 43.9 Å². The Bertz CT molecular complexity index is 750. The summed E-state index contributed by atoms with van der Waals surface area (Å²) in [7, 11) is 1.98. The van der Waals surface area contributed by atoms with E-state index in [1.807, 2.05) is 53.0 Å². The Morgan fingerprint density at radius 2 is 2.08 bits per heavy atom. The third-order valence-electron chi connectivity index (χ3n) is 5.59. The summed E-state index contributed by atoms with van der Waals surface area (Å²) in [6.45, 7) is 2.26. The highest BCUT2D eigenvalue weighted by Crippen LogP contribution is 2.36. The number of likely N-dealkylation sites (tertiary alicyclic amines) is 1. The Morgan fingerprint density at radius 3 is 2.77 bits per heavy atom. The van der Waals surface area contributed by atoms with Gasteiger partial charge in [-0.25, -0.2) is 4.98 Å². The summed E-state index contributed by atoms with van der Waals surface area (Å²) >= 11 is 0. The fraction of sp³-hybridized carbons (Fsp3) is 0.500. The number of carbonyl (C=O) groups excluding carboxylic acids is 1. The van der Waals surface area contributed by atoms with Gasteiger partial charge in [-0.05, 0) is 24.8 Å². The molecule has 6 nitrogen and oxygen atoms in total. The quantitative estimate of drug-likeness (QED) is 0.915. The summed E-state index contributed by atoms with van der Waals surface area (Å²) in [6, 6.07) is 10.2. The molecule has 0 radical (unpaired) electrons. The summed E-state index contributed by atoms with van der Waals surface area (Å²) in [5.41, 5.74) is 0.987. The normalized spacial score (nSPS) is 21.9. The Kier molecular flexibility index (Phi) is 4.68. The van der Waals surface area contributed by atoms with Crippen LogP contribution >= 0.6 is 0 Å². The molecule has 1 amide bonds. The third kappa shape index (κ3) is 3.60. The van der Waals surface area contributed by atoms with Crippen LogP contribution in [0.1, 0.15) is 24.8 Å². The summed E-state index contributed by atoms with van der Waals surface area (Å²) in [5, 5.41) is 3.47. The van der Waals surface area contributed by atoms with Crippen LogP contribution in [0.2, 0.25) is 0 Å². The van der Waals surface area contributed by atoms with Gasteiger partial charge < -0.3 is 19.5 Å². The molecule has 1 atom stereocenters. The Morgan fingerprint density at radius 1 is 1.31 bits per heavy atom. The molecule has 2 aliphatic rings. The largest absolute Gasteiger partial charge is 0.373 e. The zero-order chi connectivity index (χ0) is 18.0. The van der Waals surface area contributed by atoms with Gasteiger partial charge in [0, 0.05) is 32.5 Å². The molecule has 1 aromatic carbocycles. The molecule has 1 aromatic heterocycles. The van der Waals surface area contributed by atoms with Crippen LogP contribution in [0, 0.1) is 0 Å². The molecule has 4 rings (SSSR count). The summed E-state index contributed by atoms with van der Waals surface area (Å²) in [6.07, 6.45) is 7.01. The van der Waals surface area contributed by atoms with E-state index in [-0.39, 0.29) is 17.6 Å². The molecule has 26 heavy (non-hydrogen) atoms. The Hall–Kier alpha value is -2.34. The maximum atomic E-state index is 12.5. The molecule has 6 heteroatoms. The van der Waals surface area contributed by atoms with Crippen molar-refractivity contribution in [2.45, 2.75) is 37.3 Å². The van der Waals surface area contributed by atoms with Gasteiger partial charge in [0.15, 0.2) is 0 Å². The van der Waals surface area contributed by atoms with E-state index in [2.05, 4.69) is 10.3 Å². The fourth-order valence-electron chi connectivity index (χ4n) is 4.02. The van der Waals surface area contributed by atoms with E-state index in [0.29, 0.717) is 13.0 Å². The fourth-order valence-corrected chi connectivity index (χ4v) is 4.02. The van der Waals surface area contributed by atoms with Crippen LogP contribution in [0.4, 0.5) is 5.95 Å². The van der Waals surface area contributed by atoms with E-state index in [1.54, 1.807) is 6.20 Å². The smallest absolute Gasteiger partial charge is 0.226 e. The lowest BCUT2D eigenvalue weighted by atomic mass is 9.87. The van der Waals surface area contributed by atoms with Crippen molar-refractivity contribution in [1.29, 1.82) is 0 Å². The number of ether oxygens (including phenoxy) is 1. The van der Waals surface area contributed by atoms with Gasteiger partial charge in [-0.2, -0.15) is 0 Å². The molecule has 2 saturated heterocycles.